The van der Waals surface area contributed by atoms with Crippen molar-refractivity contribution in [3.63, 3.8) is 0 Å². The minimum absolute atomic E-state index is 0.0427. The molecule has 1 aliphatic heterocycles. The zero-order valence-corrected chi connectivity index (χ0v) is 13.0. The van der Waals surface area contributed by atoms with Gasteiger partial charge in [-0.15, -0.1) is 0 Å². The highest BCUT2D eigenvalue weighted by Gasteiger charge is 2.24. The van der Waals surface area contributed by atoms with Crippen molar-refractivity contribution in [2.75, 3.05) is 0 Å². The number of carbonyl (C=O) groups is 1. The Morgan fingerprint density at radius 2 is 1.78 bits per heavy atom. The van der Waals surface area contributed by atoms with Crippen LogP contribution in [0.5, 0.6) is 0 Å². The molecule has 0 saturated carbocycles. The van der Waals surface area contributed by atoms with Gasteiger partial charge in [-0.05, 0) is 32.4 Å². The molecule has 2 heteroatoms. The summed E-state index contributed by atoms with van der Waals surface area (Å²) < 4.78 is 5.10. The first kappa shape index (κ1) is 19.0. The fraction of sp³-hybridized carbons (Fsp3) is 0.562. The second kappa shape index (κ2) is 10.8. The molecule has 0 radical (unpaired) electrons. The van der Waals surface area contributed by atoms with Crippen LogP contribution in [0.15, 0.2) is 35.5 Å². The number of allylic oxidation sites excluding steroid dienone is 3. The fourth-order valence-corrected chi connectivity index (χ4v) is 1.33. The van der Waals surface area contributed by atoms with Crippen LogP contribution in [0.2, 0.25) is 0 Å². The van der Waals surface area contributed by atoms with Crippen LogP contribution >= 0.6 is 0 Å². The van der Waals surface area contributed by atoms with Crippen molar-refractivity contribution < 1.29 is 9.53 Å². The molecule has 1 fully saturated rings. The predicted molar refractivity (Wildman–Crippen MR) is 79.5 cm³/mol. The molecule has 0 aliphatic carbocycles. The Kier molecular flexibility index (Phi) is 11.4. The molecule has 1 rings (SSSR count). The van der Waals surface area contributed by atoms with E-state index < -0.39 is 0 Å². The quantitative estimate of drug-likeness (QED) is 0.494. The van der Waals surface area contributed by atoms with Crippen molar-refractivity contribution >= 4 is 5.97 Å². The van der Waals surface area contributed by atoms with Gasteiger partial charge in [-0.1, -0.05) is 45.9 Å². The summed E-state index contributed by atoms with van der Waals surface area (Å²) in [5.41, 5.74) is 2.62. The van der Waals surface area contributed by atoms with Crippen LogP contribution in [-0.4, -0.2) is 12.1 Å². The molecule has 0 spiro atoms. The van der Waals surface area contributed by atoms with Gasteiger partial charge in [0.05, 0.1) is 5.57 Å². The molecule has 18 heavy (non-hydrogen) atoms. The van der Waals surface area contributed by atoms with Gasteiger partial charge in [-0.2, -0.15) is 0 Å². The van der Waals surface area contributed by atoms with E-state index in [1.165, 1.54) is 0 Å². The van der Waals surface area contributed by atoms with E-state index in [-0.39, 0.29) is 12.1 Å². The molecular weight excluding hydrogens is 224 g/mol. The third-order valence-corrected chi connectivity index (χ3v) is 2.03. The maximum Gasteiger partial charge on any atom is 0.338 e. The largest absolute Gasteiger partial charge is 0.459 e. The predicted octanol–water partition coefficient (Wildman–Crippen LogP) is 4.82. The van der Waals surface area contributed by atoms with Crippen molar-refractivity contribution in [2.24, 2.45) is 0 Å². The van der Waals surface area contributed by atoms with E-state index in [9.17, 15) is 4.79 Å². The number of rotatable bonds is 1. The molecule has 1 aliphatic rings. The summed E-state index contributed by atoms with van der Waals surface area (Å²) in [6, 6.07) is 0. The molecule has 0 amide bonds. The summed E-state index contributed by atoms with van der Waals surface area (Å²) >= 11 is 0. The van der Waals surface area contributed by atoms with Gasteiger partial charge in [-0.3, -0.25) is 0 Å². The first-order valence-electron chi connectivity index (χ1n) is 6.75. The van der Waals surface area contributed by atoms with Crippen LogP contribution in [0, 0.1) is 0 Å². The minimum atomic E-state index is -0.258. The molecule has 0 aromatic heterocycles. The monoisotopic (exact) mass is 252 g/mol. The Morgan fingerprint density at radius 1 is 1.28 bits per heavy atom. The normalized spacial score (nSPS) is 19.9. The van der Waals surface area contributed by atoms with Crippen LogP contribution in [0.4, 0.5) is 0 Å². The van der Waals surface area contributed by atoms with E-state index in [0.717, 1.165) is 17.6 Å². The SMILES string of the molecule is C=C1CC(C)OC(=O)/C1=C/C=C(C)C.CC.CC. The molecule has 1 atom stereocenters. The first-order valence-corrected chi connectivity index (χ1v) is 6.75. The number of cyclic esters (lactones) is 1. The topological polar surface area (TPSA) is 26.3 Å². The van der Waals surface area contributed by atoms with Gasteiger partial charge in [0.15, 0.2) is 0 Å². The average molecular weight is 252 g/mol. The molecule has 0 aromatic carbocycles. The first-order chi connectivity index (χ1) is 8.50. The van der Waals surface area contributed by atoms with Gasteiger partial charge in [0.1, 0.15) is 6.10 Å². The van der Waals surface area contributed by atoms with Crippen molar-refractivity contribution in [2.45, 2.75) is 61.0 Å². The van der Waals surface area contributed by atoms with Crippen LogP contribution < -0.4 is 0 Å². The van der Waals surface area contributed by atoms with Crippen molar-refractivity contribution in [3.8, 4) is 0 Å². The molecule has 104 valence electrons. The summed E-state index contributed by atoms with van der Waals surface area (Å²) in [4.78, 5) is 11.4. The molecule has 0 aromatic rings. The molecule has 0 N–H and O–H groups in total. The lowest BCUT2D eigenvalue weighted by atomic mass is 9.98. The second-order valence-corrected chi connectivity index (χ2v) is 3.85. The zero-order chi connectivity index (χ0) is 14.7. The number of hydrogen-bond donors (Lipinski definition) is 0. The van der Waals surface area contributed by atoms with Crippen molar-refractivity contribution in [3.05, 3.63) is 35.5 Å². The Labute approximate surface area is 112 Å². The lowest BCUT2D eigenvalue weighted by Crippen LogP contribution is -2.24. The molecule has 1 heterocycles. The Balaban J connectivity index is 0. The van der Waals surface area contributed by atoms with Gasteiger partial charge in [-0.25, -0.2) is 4.79 Å². The summed E-state index contributed by atoms with van der Waals surface area (Å²) in [6.45, 7) is 17.7. The number of ether oxygens (including phenoxy) is 1. The zero-order valence-electron chi connectivity index (χ0n) is 13.0. The third-order valence-electron chi connectivity index (χ3n) is 2.03. The summed E-state index contributed by atoms with van der Waals surface area (Å²) in [5.74, 6) is -0.258. The molecule has 0 bridgehead atoms. The van der Waals surface area contributed by atoms with E-state index in [2.05, 4.69) is 6.58 Å². The van der Waals surface area contributed by atoms with Gasteiger partial charge < -0.3 is 4.74 Å². The Hall–Kier alpha value is -1.31. The molecule has 1 saturated heterocycles. The maximum absolute atomic E-state index is 11.4. The Bertz CT molecular complexity index is 298. The van der Waals surface area contributed by atoms with Crippen molar-refractivity contribution in [1.82, 2.24) is 0 Å². The highest BCUT2D eigenvalue weighted by atomic mass is 16.5. The second-order valence-electron chi connectivity index (χ2n) is 3.85. The number of hydrogen-bond acceptors (Lipinski definition) is 2. The van der Waals surface area contributed by atoms with Crippen LogP contribution in [-0.2, 0) is 9.53 Å². The highest BCUT2D eigenvalue weighted by molar-refractivity contribution is 5.94. The fourth-order valence-electron chi connectivity index (χ4n) is 1.33. The number of esters is 1. The molecule has 1 unspecified atom stereocenters. The van der Waals surface area contributed by atoms with Crippen LogP contribution in [0.25, 0.3) is 0 Å². The van der Waals surface area contributed by atoms with Crippen LogP contribution in [0.3, 0.4) is 0 Å². The van der Waals surface area contributed by atoms with E-state index in [4.69, 9.17) is 4.74 Å². The van der Waals surface area contributed by atoms with Gasteiger partial charge in [0.2, 0.25) is 0 Å². The smallest absolute Gasteiger partial charge is 0.338 e. The molecule has 2 nitrogen and oxygen atoms in total. The Morgan fingerprint density at radius 3 is 2.17 bits per heavy atom. The van der Waals surface area contributed by atoms with E-state index in [1.807, 2.05) is 54.5 Å². The van der Waals surface area contributed by atoms with Crippen molar-refractivity contribution in [1.29, 1.82) is 0 Å². The van der Waals surface area contributed by atoms with Crippen LogP contribution in [0.1, 0.15) is 54.9 Å². The minimum Gasteiger partial charge on any atom is -0.459 e. The third kappa shape index (κ3) is 7.10. The van der Waals surface area contributed by atoms with E-state index in [0.29, 0.717) is 5.57 Å². The summed E-state index contributed by atoms with van der Waals surface area (Å²) in [5, 5.41) is 0. The highest BCUT2D eigenvalue weighted by Crippen LogP contribution is 2.24. The van der Waals surface area contributed by atoms with E-state index >= 15 is 0 Å². The number of carbonyl (C=O) groups excluding carboxylic acids is 1. The maximum atomic E-state index is 11.4. The standard InChI is InChI=1S/C12H16O2.2C2H6/c1-8(2)5-6-11-9(3)7-10(4)14-12(11)13;2*1-2/h5-6,10H,3,7H2,1-2,4H3;2*1-2H3/b11-6+;;. The van der Waals surface area contributed by atoms with Gasteiger partial charge in [0, 0.05) is 6.42 Å². The van der Waals surface area contributed by atoms with Gasteiger partial charge in [0.25, 0.3) is 0 Å². The van der Waals surface area contributed by atoms with Gasteiger partial charge >= 0.3 is 5.97 Å². The summed E-state index contributed by atoms with van der Waals surface area (Å²) in [7, 11) is 0. The summed E-state index contributed by atoms with van der Waals surface area (Å²) in [6.07, 6.45) is 4.37. The molecular formula is C16H28O2. The lowest BCUT2D eigenvalue weighted by molar-refractivity contribution is -0.144. The van der Waals surface area contributed by atoms with E-state index in [1.54, 1.807) is 6.08 Å². The average Bonchev–Trinajstić information content (AvgIpc) is 2.32. The lowest BCUT2D eigenvalue weighted by Gasteiger charge is -2.22.